The normalized spacial score (nSPS) is 10.8. The van der Waals surface area contributed by atoms with Crippen molar-refractivity contribution in [3.63, 3.8) is 0 Å². The highest BCUT2D eigenvalue weighted by Crippen LogP contribution is 2.25. The molecule has 3 aromatic rings. The van der Waals surface area contributed by atoms with E-state index in [1.54, 1.807) is 29.0 Å². The molecular formula is C15H14FN5OS. The molecule has 1 aromatic carbocycles. The van der Waals surface area contributed by atoms with Crippen molar-refractivity contribution < 1.29 is 8.81 Å². The molecule has 0 aliphatic carbocycles. The number of nitrogens with zero attached hydrogens (tertiary/aromatic N) is 4. The summed E-state index contributed by atoms with van der Waals surface area (Å²) < 4.78 is 20.1. The van der Waals surface area contributed by atoms with Gasteiger partial charge in [0.05, 0.1) is 5.69 Å². The van der Waals surface area contributed by atoms with E-state index in [9.17, 15) is 4.39 Å². The minimum absolute atomic E-state index is 0.296. The summed E-state index contributed by atoms with van der Waals surface area (Å²) in [4.78, 5) is 4.39. The maximum atomic E-state index is 12.9. The maximum absolute atomic E-state index is 12.9. The van der Waals surface area contributed by atoms with Crippen molar-refractivity contribution in [2.24, 2.45) is 0 Å². The van der Waals surface area contributed by atoms with Gasteiger partial charge in [0.1, 0.15) is 12.1 Å². The Bertz CT molecular complexity index is 812. The number of allylic oxidation sites excluding steroid dienone is 1. The number of nitrogens with two attached hydrogens (primary N) is 1. The summed E-state index contributed by atoms with van der Waals surface area (Å²) in [5.74, 6) is 1.06. The number of benzene rings is 1. The van der Waals surface area contributed by atoms with Crippen LogP contribution < -0.4 is 5.73 Å². The molecule has 0 bridgehead atoms. The summed E-state index contributed by atoms with van der Waals surface area (Å²) >= 11 is 1.45. The SMILES string of the molecule is C=CCn1c(N)nnc1SCc1coc(-c2ccc(F)cc2)n1. The van der Waals surface area contributed by atoms with Gasteiger partial charge in [-0.2, -0.15) is 0 Å². The first-order valence-electron chi connectivity index (χ1n) is 6.80. The van der Waals surface area contributed by atoms with E-state index in [2.05, 4.69) is 21.8 Å². The van der Waals surface area contributed by atoms with Crippen LogP contribution in [-0.4, -0.2) is 19.7 Å². The average Bonchev–Trinajstić information content (AvgIpc) is 3.15. The topological polar surface area (TPSA) is 82.8 Å². The molecule has 0 saturated heterocycles. The number of hydrogen-bond donors (Lipinski definition) is 1. The molecule has 0 radical (unpaired) electrons. The molecule has 0 amide bonds. The summed E-state index contributed by atoms with van der Waals surface area (Å²) in [6.07, 6.45) is 3.30. The predicted octanol–water partition coefficient (Wildman–Crippen LogP) is 3.13. The van der Waals surface area contributed by atoms with E-state index in [1.165, 1.54) is 23.9 Å². The Balaban J connectivity index is 1.70. The fourth-order valence-corrected chi connectivity index (χ4v) is 2.78. The van der Waals surface area contributed by atoms with Crippen LogP contribution in [0.25, 0.3) is 11.5 Å². The second kappa shape index (κ2) is 6.66. The largest absolute Gasteiger partial charge is 0.444 e. The van der Waals surface area contributed by atoms with Gasteiger partial charge in [-0.15, -0.1) is 16.8 Å². The van der Waals surface area contributed by atoms with Gasteiger partial charge in [-0.05, 0) is 24.3 Å². The summed E-state index contributed by atoms with van der Waals surface area (Å²) in [5, 5.41) is 8.57. The number of hydrogen-bond acceptors (Lipinski definition) is 6. The van der Waals surface area contributed by atoms with Crippen LogP contribution in [-0.2, 0) is 12.3 Å². The molecule has 0 saturated carbocycles. The lowest BCUT2D eigenvalue weighted by molar-refractivity contribution is 0.572. The number of aromatic nitrogens is 4. The summed E-state index contributed by atoms with van der Waals surface area (Å²) in [6.45, 7) is 4.23. The molecule has 0 aliphatic rings. The molecular weight excluding hydrogens is 317 g/mol. The van der Waals surface area contributed by atoms with Crippen molar-refractivity contribution in [1.29, 1.82) is 0 Å². The standard InChI is InChI=1S/C15H14FN5OS/c1-2-7-21-14(17)19-20-15(21)23-9-12-8-22-13(18-12)10-3-5-11(16)6-4-10/h2-6,8H,1,7,9H2,(H2,17,19). The van der Waals surface area contributed by atoms with Crippen LogP contribution in [0.5, 0.6) is 0 Å². The van der Waals surface area contributed by atoms with Crippen molar-refractivity contribution in [2.45, 2.75) is 17.5 Å². The number of anilines is 1. The van der Waals surface area contributed by atoms with Crippen LogP contribution in [0.3, 0.4) is 0 Å². The molecule has 2 heterocycles. The van der Waals surface area contributed by atoms with E-state index < -0.39 is 0 Å². The van der Waals surface area contributed by atoms with Crippen LogP contribution in [0.2, 0.25) is 0 Å². The van der Waals surface area contributed by atoms with E-state index in [4.69, 9.17) is 10.2 Å². The predicted molar refractivity (Wildman–Crippen MR) is 86.1 cm³/mol. The van der Waals surface area contributed by atoms with E-state index in [0.717, 1.165) is 11.3 Å². The smallest absolute Gasteiger partial charge is 0.226 e. The monoisotopic (exact) mass is 331 g/mol. The number of rotatable bonds is 6. The molecule has 8 heteroatoms. The van der Waals surface area contributed by atoms with Crippen molar-refractivity contribution >= 4 is 17.7 Å². The minimum atomic E-state index is -0.296. The van der Waals surface area contributed by atoms with Crippen molar-refractivity contribution in [1.82, 2.24) is 19.7 Å². The van der Waals surface area contributed by atoms with Crippen LogP contribution in [0.15, 0.2) is 52.8 Å². The second-order valence-corrected chi connectivity index (χ2v) is 5.62. The van der Waals surface area contributed by atoms with E-state index >= 15 is 0 Å². The van der Waals surface area contributed by atoms with Gasteiger partial charge in [0.2, 0.25) is 11.8 Å². The Kier molecular flexibility index (Phi) is 4.42. The minimum Gasteiger partial charge on any atom is -0.444 e. The second-order valence-electron chi connectivity index (χ2n) is 4.68. The average molecular weight is 331 g/mol. The molecule has 6 nitrogen and oxygen atoms in total. The lowest BCUT2D eigenvalue weighted by Crippen LogP contribution is -2.03. The van der Waals surface area contributed by atoms with E-state index in [0.29, 0.717) is 29.3 Å². The molecule has 0 fully saturated rings. The van der Waals surface area contributed by atoms with Gasteiger partial charge in [0.25, 0.3) is 0 Å². The van der Waals surface area contributed by atoms with Gasteiger partial charge in [-0.1, -0.05) is 17.8 Å². The summed E-state index contributed by atoms with van der Waals surface area (Å²) in [6, 6.07) is 5.99. The first kappa shape index (κ1) is 15.3. The summed E-state index contributed by atoms with van der Waals surface area (Å²) in [7, 11) is 0. The fourth-order valence-electron chi connectivity index (χ4n) is 1.94. The zero-order chi connectivity index (χ0) is 16.2. The molecule has 0 spiro atoms. The van der Waals surface area contributed by atoms with Crippen LogP contribution >= 0.6 is 11.8 Å². The molecule has 0 atom stereocenters. The van der Waals surface area contributed by atoms with Gasteiger partial charge in [0, 0.05) is 17.9 Å². The van der Waals surface area contributed by atoms with Gasteiger partial charge in [-0.25, -0.2) is 9.37 Å². The Morgan fingerprint density at radius 3 is 2.83 bits per heavy atom. The van der Waals surface area contributed by atoms with E-state index in [-0.39, 0.29) is 5.82 Å². The zero-order valence-corrected chi connectivity index (χ0v) is 13.0. The molecule has 118 valence electrons. The highest BCUT2D eigenvalue weighted by atomic mass is 32.2. The number of halogens is 1. The molecule has 0 aliphatic heterocycles. The first-order chi connectivity index (χ1) is 11.2. The van der Waals surface area contributed by atoms with Crippen molar-refractivity contribution in [3.8, 4) is 11.5 Å². The maximum Gasteiger partial charge on any atom is 0.226 e. The number of thioether (sulfide) groups is 1. The van der Waals surface area contributed by atoms with Crippen LogP contribution in [0, 0.1) is 5.82 Å². The Morgan fingerprint density at radius 1 is 1.30 bits per heavy atom. The number of oxazole rings is 1. The van der Waals surface area contributed by atoms with Crippen LogP contribution in [0.4, 0.5) is 10.3 Å². The van der Waals surface area contributed by atoms with Crippen molar-refractivity contribution in [3.05, 3.63) is 54.7 Å². The van der Waals surface area contributed by atoms with Gasteiger partial charge in [-0.3, -0.25) is 4.57 Å². The highest BCUT2D eigenvalue weighted by molar-refractivity contribution is 7.98. The molecule has 3 rings (SSSR count). The fraction of sp³-hybridized carbons (Fsp3) is 0.133. The molecule has 2 N–H and O–H groups in total. The third kappa shape index (κ3) is 3.42. The molecule has 23 heavy (non-hydrogen) atoms. The Hall–Kier alpha value is -2.61. The Morgan fingerprint density at radius 2 is 2.09 bits per heavy atom. The molecule has 0 unspecified atom stereocenters. The third-order valence-corrected chi connectivity index (χ3v) is 4.05. The molecule has 2 aromatic heterocycles. The van der Waals surface area contributed by atoms with Crippen LogP contribution in [0.1, 0.15) is 5.69 Å². The number of nitrogen functional groups attached to an aromatic ring is 1. The van der Waals surface area contributed by atoms with Gasteiger partial charge < -0.3 is 10.2 Å². The summed E-state index contributed by atoms with van der Waals surface area (Å²) in [5.41, 5.74) is 7.23. The Labute approximate surface area is 136 Å². The zero-order valence-electron chi connectivity index (χ0n) is 12.1. The van der Waals surface area contributed by atoms with E-state index in [1.807, 2.05) is 0 Å². The third-order valence-electron chi connectivity index (χ3n) is 3.05. The van der Waals surface area contributed by atoms with Gasteiger partial charge >= 0.3 is 0 Å². The lowest BCUT2D eigenvalue weighted by Gasteiger charge is -2.03. The van der Waals surface area contributed by atoms with Crippen molar-refractivity contribution in [2.75, 3.05) is 5.73 Å². The highest BCUT2D eigenvalue weighted by Gasteiger charge is 2.12. The quantitative estimate of drug-likeness (QED) is 0.552. The van der Waals surface area contributed by atoms with Gasteiger partial charge in [0.15, 0.2) is 5.16 Å². The first-order valence-corrected chi connectivity index (χ1v) is 7.78. The lowest BCUT2D eigenvalue weighted by atomic mass is 10.2.